The van der Waals surface area contributed by atoms with Gasteiger partial charge in [-0.15, -0.1) is 0 Å². The number of imidazole rings is 1. The van der Waals surface area contributed by atoms with Crippen LogP contribution in [0.2, 0.25) is 0 Å². The van der Waals surface area contributed by atoms with Crippen LogP contribution in [-0.2, 0) is 0 Å². The first-order valence-corrected chi connectivity index (χ1v) is 7.05. The number of aromatic nitrogens is 2. The van der Waals surface area contributed by atoms with Gasteiger partial charge in [0.25, 0.3) is 5.91 Å². The number of fused-ring (bicyclic) bond motifs is 1. The van der Waals surface area contributed by atoms with Gasteiger partial charge < -0.3 is 5.32 Å². The monoisotopic (exact) mass is 347 g/mol. The molecule has 3 rings (SSSR count). The quantitative estimate of drug-likeness (QED) is 0.766. The lowest BCUT2D eigenvalue weighted by atomic mass is 10.3. The summed E-state index contributed by atoms with van der Waals surface area (Å²) in [6.07, 6.45) is 1.25. The molecule has 3 aromatic rings. The molecular weight excluding hydrogens is 337 g/mol. The topological polar surface area (TPSA) is 46.4 Å². The number of nitrogens with zero attached hydrogens (tertiary/aromatic N) is 2. The van der Waals surface area contributed by atoms with Crippen LogP contribution in [0.4, 0.5) is 10.1 Å². The normalized spacial score (nSPS) is 10.8. The van der Waals surface area contributed by atoms with Gasteiger partial charge >= 0.3 is 0 Å². The van der Waals surface area contributed by atoms with Crippen LogP contribution in [0.15, 0.2) is 47.1 Å². The van der Waals surface area contributed by atoms with Crippen molar-refractivity contribution in [2.24, 2.45) is 0 Å². The first-order chi connectivity index (χ1) is 10.1. The molecule has 0 saturated carbocycles. The van der Waals surface area contributed by atoms with Gasteiger partial charge in [-0.25, -0.2) is 9.37 Å². The molecule has 4 nitrogen and oxygen atoms in total. The van der Waals surface area contributed by atoms with Gasteiger partial charge in [0.05, 0.1) is 11.4 Å². The third-order valence-corrected chi connectivity index (χ3v) is 3.79. The van der Waals surface area contributed by atoms with Crippen molar-refractivity contribution in [1.82, 2.24) is 9.38 Å². The number of carbonyl (C=O) groups excluding carboxylic acids is 1. The van der Waals surface area contributed by atoms with Gasteiger partial charge in [-0.2, -0.15) is 0 Å². The van der Waals surface area contributed by atoms with Crippen molar-refractivity contribution in [3.8, 4) is 0 Å². The Kier molecular flexibility index (Phi) is 3.47. The van der Waals surface area contributed by atoms with Crippen LogP contribution in [0.5, 0.6) is 0 Å². The lowest BCUT2D eigenvalue weighted by molar-refractivity contribution is 0.102. The summed E-state index contributed by atoms with van der Waals surface area (Å²) in [6, 6.07) is 10.1. The molecule has 106 valence electrons. The van der Waals surface area contributed by atoms with Gasteiger partial charge in [0.2, 0.25) is 0 Å². The Hall–Kier alpha value is -2.21. The van der Waals surface area contributed by atoms with Crippen LogP contribution in [-0.4, -0.2) is 15.3 Å². The molecule has 0 spiro atoms. The minimum Gasteiger partial charge on any atom is -0.320 e. The van der Waals surface area contributed by atoms with Crippen LogP contribution < -0.4 is 5.32 Å². The average molecular weight is 348 g/mol. The number of pyridine rings is 1. The molecular formula is C15H11BrFN3O. The second kappa shape index (κ2) is 5.29. The van der Waals surface area contributed by atoms with E-state index in [1.807, 2.05) is 18.2 Å². The summed E-state index contributed by atoms with van der Waals surface area (Å²) < 4.78 is 15.6. The molecule has 0 aliphatic heterocycles. The molecule has 1 amide bonds. The van der Waals surface area contributed by atoms with Crippen molar-refractivity contribution in [3.05, 3.63) is 64.3 Å². The van der Waals surface area contributed by atoms with Crippen molar-refractivity contribution >= 4 is 33.2 Å². The van der Waals surface area contributed by atoms with Crippen LogP contribution >= 0.6 is 15.9 Å². The van der Waals surface area contributed by atoms with Crippen LogP contribution in [0.25, 0.3) is 5.65 Å². The Balaban J connectivity index is 2.04. The number of rotatable bonds is 2. The molecule has 0 aliphatic carbocycles. The van der Waals surface area contributed by atoms with Gasteiger partial charge in [-0.1, -0.05) is 12.1 Å². The molecule has 0 saturated heterocycles. The van der Waals surface area contributed by atoms with Crippen molar-refractivity contribution in [2.45, 2.75) is 6.92 Å². The van der Waals surface area contributed by atoms with E-state index in [0.29, 0.717) is 22.7 Å². The second-order valence-electron chi connectivity index (χ2n) is 4.56. The zero-order valence-electron chi connectivity index (χ0n) is 11.1. The summed E-state index contributed by atoms with van der Waals surface area (Å²) in [5, 5.41) is 2.80. The predicted octanol–water partition coefficient (Wildman–Crippen LogP) is 3.80. The first kappa shape index (κ1) is 13.8. The largest absolute Gasteiger partial charge is 0.320 e. The van der Waals surface area contributed by atoms with E-state index >= 15 is 0 Å². The van der Waals surface area contributed by atoms with Gasteiger partial charge in [0, 0.05) is 10.7 Å². The van der Waals surface area contributed by atoms with Crippen molar-refractivity contribution in [1.29, 1.82) is 0 Å². The van der Waals surface area contributed by atoms with E-state index in [2.05, 4.69) is 26.2 Å². The predicted molar refractivity (Wildman–Crippen MR) is 82.0 cm³/mol. The molecule has 6 heteroatoms. The summed E-state index contributed by atoms with van der Waals surface area (Å²) >= 11 is 3.37. The smallest absolute Gasteiger partial charge is 0.274 e. The first-order valence-electron chi connectivity index (χ1n) is 6.26. The fourth-order valence-electron chi connectivity index (χ4n) is 2.15. The number of carbonyl (C=O) groups is 1. The fourth-order valence-corrected chi connectivity index (χ4v) is 2.54. The van der Waals surface area contributed by atoms with Gasteiger partial charge in [0.15, 0.2) is 0 Å². The van der Waals surface area contributed by atoms with Crippen molar-refractivity contribution < 1.29 is 9.18 Å². The number of benzene rings is 1. The maximum Gasteiger partial charge on any atom is 0.274 e. The highest BCUT2D eigenvalue weighted by Crippen LogP contribution is 2.22. The van der Waals surface area contributed by atoms with E-state index in [1.54, 1.807) is 13.0 Å². The molecule has 0 aliphatic rings. The number of hydrogen-bond acceptors (Lipinski definition) is 2. The number of aryl methyl sites for hydroxylation is 1. The minimum atomic E-state index is -0.421. The van der Waals surface area contributed by atoms with Crippen LogP contribution in [0.3, 0.4) is 0 Å². The summed E-state index contributed by atoms with van der Waals surface area (Å²) in [5.74, 6) is -0.757. The van der Waals surface area contributed by atoms with E-state index in [1.165, 1.54) is 22.7 Å². The maximum atomic E-state index is 13.4. The van der Waals surface area contributed by atoms with E-state index in [0.717, 1.165) is 4.47 Å². The highest BCUT2D eigenvalue weighted by Gasteiger charge is 2.17. The molecule has 1 N–H and O–H groups in total. The molecule has 2 heterocycles. The van der Waals surface area contributed by atoms with Gasteiger partial charge in [0.1, 0.15) is 17.2 Å². The average Bonchev–Trinajstić information content (AvgIpc) is 2.76. The molecule has 0 radical (unpaired) electrons. The molecule has 21 heavy (non-hydrogen) atoms. The Morgan fingerprint density at radius 3 is 2.81 bits per heavy atom. The molecule has 0 bridgehead atoms. The Morgan fingerprint density at radius 1 is 1.29 bits per heavy atom. The Morgan fingerprint density at radius 2 is 2.05 bits per heavy atom. The third kappa shape index (κ3) is 2.54. The van der Waals surface area contributed by atoms with E-state index < -0.39 is 5.82 Å². The van der Waals surface area contributed by atoms with E-state index in [9.17, 15) is 9.18 Å². The second-order valence-corrected chi connectivity index (χ2v) is 5.41. The number of amides is 1. The number of para-hydroxylation sites is 1. The van der Waals surface area contributed by atoms with E-state index in [4.69, 9.17) is 0 Å². The lowest BCUT2D eigenvalue weighted by Crippen LogP contribution is -2.16. The lowest BCUT2D eigenvalue weighted by Gasteiger charge is -2.07. The maximum absolute atomic E-state index is 13.4. The Labute approximate surface area is 128 Å². The zero-order chi connectivity index (χ0) is 15.0. The summed E-state index contributed by atoms with van der Waals surface area (Å²) in [4.78, 5) is 16.7. The summed E-state index contributed by atoms with van der Waals surface area (Å²) in [6.45, 7) is 1.72. The minimum absolute atomic E-state index is 0.320. The standard InChI is InChI=1S/C15H11BrFN3O/c1-9-14(20-8-10(17)6-7-13(20)18-9)15(21)19-12-5-3-2-4-11(12)16/h2-8H,1H3,(H,19,21). The van der Waals surface area contributed by atoms with Gasteiger partial charge in [-0.3, -0.25) is 9.20 Å². The van der Waals surface area contributed by atoms with E-state index in [-0.39, 0.29) is 5.91 Å². The highest BCUT2D eigenvalue weighted by molar-refractivity contribution is 9.10. The Bertz CT molecular complexity index is 844. The van der Waals surface area contributed by atoms with Crippen molar-refractivity contribution in [2.75, 3.05) is 5.32 Å². The summed E-state index contributed by atoms with van der Waals surface area (Å²) in [5.41, 5.74) is 2.05. The highest BCUT2D eigenvalue weighted by atomic mass is 79.9. The molecule has 0 fully saturated rings. The number of hydrogen-bond donors (Lipinski definition) is 1. The number of nitrogens with one attached hydrogen (secondary N) is 1. The summed E-state index contributed by atoms with van der Waals surface area (Å²) in [7, 11) is 0. The third-order valence-electron chi connectivity index (χ3n) is 3.09. The fraction of sp³-hybridized carbons (Fsp3) is 0.0667. The van der Waals surface area contributed by atoms with Crippen LogP contribution in [0, 0.1) is 12.7 Å². The SMILES string of the molecule is Cc1nc2ccc(F)cn2c1C(=O)Nc1ccccc1Br. The molecule has 2 aromatic heterocycles. The molecule has 0 unspecified atom stereocenters. The van der Waals surface area contributed by atoms with Crippen LogP contribution in [0.1, 0.15) is 16.2 Å². The number of halogens is 2. The number of anilines is 1. The van der Waals surface area contributed by atoms with Crippen molar-refractivity contribution in [3.63, 3.8) is 0 Å². The molecule has 1 aromatic carbocycles. The van der Waals surface area contributed by atoms with Gasteiger partial charge in [-0.05, 0) is 47.1 Å². The zero-order valence-corrected chi connectivity index (χ0v) is 12.7. The molecule has 0 atom stereocenters.